The topological polar surface area (TPSA) is 73.2 Å². The minimum Gasteiger partial charge on any atom is -0.490 e. The van der Waals surface area contributed by atoms with Crippen molar-refractivity contribution in [1.29, 1.82) is 0 Å². The smallest absolute Gasteiger partial charge is 0.192 e. The first-order valence-electron chi connectivity index (χ1n) is 7.18. The Hall–Kier alpha value is -2.76. The van der Waals surface area contributed by atoms with Crippen molar-refractivity contribution in [2.24, 2.45) is 0 Å². The van der Waals surface area contributed by atoms with Gasteiger partial charge in [0.15, 0.2) is 28.9 Å². The van der Waals surface area contributed by atoms with Gasteiger partial charge in [0.1, 0.15) is 0 Å². The van der Waals surface area contributed by atoms with Gasteiger partial charge in [-0.15, -0.1) is 0 Å². The van der Waals surface area contributed by atoms with E-state index >= 15 is 0 Å². The van der Waals surface area contributed by atoms with Crippen molar-refractivity contribution in [3.63, 3.8) is 0 Å². The Morgan fingerprint density at radius 1 is 1.09 bits per heavy atom. The van der Waals surface area contributed by atoms with E-state index in [1.807, 2.05) is 44.2 Å². The van der Waals surface area contributed by atoms with Crippen molar-refractivity contribution in [3.8, 4) is 34.5 Å². The van der Waals surface area contributed by atoms with Crippen LogP contribution in [0, 0.1) is 0 Å². The zero-order valence-corrected chi connectivity index (χ0v) is 12.5. The molecule has 0 spiro atoms. The summed E-state index contributed by atoms with van der Waals surface area (Å²) in [5, 5.41) is 7.10. The van der Waals surface area contributed by atoms with Gasteiger partial charge < -0.3 is 13.9 Å². The number of H-pyrrole nitrogens is 1. The molecule has 6 heteroatoms. The molecular formula is C16H17N3O3. The lowest BCUT2D eigenvalue weighted by atomic mass is 10.2. The second kappa shape index (κ2) is 6.34. The van der Waals surface area contributed by atoms with Crippen LogP contribution in [0.2, 0.25) is 0 Å². The summed E-state index contributed by atoms with van der Waals surface area (Å²) in [6.45, 7) is 5.02. The van der Waals surface area contributed by atoms with Gasteiger partial charge in [-0.2, -0.15) is 5.10 Å². The fourth-order valence-electron chi connectivity index (χ4n) is 2.10. The standard InChI is InChI=1S/C16H17N3O3/c1-3-20-12-8-7-11(10-14(12)21-4-2)15-17-16(19-18-15)13-6-5-9-22-13/h5-10H,3-4H2,1-2H3,(H,17,18,19). The first kappa shape index (κ1) is 14.2. The lowest BCUT2D eigenvalue weighted by Crippen LogP contribution is -1.98. The molecule has 0 atom stereocenters. The Morgan fingerprint density at radius 2 is 1.91 bits per heavy atom. The van der Waals surface area contributed by atoms with Gasteiger partial charge in [-0.25, -0.2) is 4.98 Å². The molecule has 0 unspecified atom stereocenters. The van der Waals surface area contributed by atoms with Crippen LogP contribution in [0.3, 0.4) is 0 Å². The number of ether oxygens (including phenoxy) is 2. The average Bonchev–Trinajstić information content (AvgIpc) is 3.20. The van der Waals surface area contributed by atoms with E-state index in [1.165, 1.54) is 0 Å². The summed E-state index contributed by atoms with van der Waals surface area (Å²) < 4.78 is 16.5. The van der Waals surface area contributed by atoms with Gasteiger partial charge in [0.25, 0.3) is 0 Å². The minimum absolute atomic E-state index is 0.565. The van der Waals surface area contributed by atoms with Gasteiger partial charge in [-0.1, -0.05) is 0 Å². The van der Waals surface area contributed by atoms with Crippen molar-refractivity contribution >= 4 is 0 Å². The van der Waals surface area contributed by atoms with Gasteiger partial charge in [0.05, 0.1) is 19.5 Å². The summed E-state index contributed by atoms with van der Waals surface area (Å²) in [6, 6.07) is 9.29. The number of aromatic nitrogens is 3. The Morgan fingerprint density at radius 3 is 2.64 bits per heavy atom. The lowest BCUT2D eigenvalue weighted by Gasteiger charge is -2.11. The maximum atomic E-state index is 5.62. The van der Waals surface area contributed by atoms with Crippen LogP contribution < -0.4 is 9.47 Å². The molecule has 3 rings (SSSR count). The summed E-state index contributed by atoms with van der Waals surface area (Å²) >= 11 is 0. The molecule has 3 aromatic rings. The molecule has 0 fully saturated rings. The second-order valence-electron chi connectivity index (χ2n) is 4.51. The van der Waals surface area contributed by atoms with Crippen molar-refractivity contribution in [2.45, 2.75) is 13.8 Å². The number of hydrogen-bond acceptors (Lipinski definition) is 5. The van der Waals surface area contributed by atoms with Crippen LogP contribution in [0.4, 0.5) is 0 Å². The van der Waals surface area contributed by atoms with E-state index in [0.29, 0.717) is 36.4 Å². The van der Waals surface area contributed by atoms with Crippen LogP contribution >= 0.6 is 0 Å². The molecule has 0 bridgehead atoms. The van der Waals surface area contributed by atoms with E-state index in [2.05, 4.69) is 15.2 Å². The fourth-order valence-corrected chi connectivity index (χ4v) is 2.10. The van der Waals surface area contributed by atoms with Crippen LogP contribution in [-0.2, 0) is 0 Å². The Labute approximate surface area is 128 Å². The summed E-state index contributed by atoms with van der Waals surface area (Å²) in [5.41, 5.74) is 0.848. The zero-order valence-electron chi connectivity index (χ0n) is 12.5. The van der Waals surface area contributed by atoms with E-state index in [-0.39, 0.29) is 0 Å². The number of nitrogens with zero attached hydrogens (tertiary/aromatic N) is 2. The van der Waals surface area contributed by atoms with Gasteiger partial charge in [-0.3, -0.25) is 5.10 Å². The van der Waals surface area contributed by atoms with Crippen molar-refractivity contribution in [2.75, 3.05) is 13.2 Å². The van der Waals surface area contributed by atoms with Crippen LogP contribution in [0.25, 0.3) is 23.0 Å². The van der Waals surface area contributed by atoms with Gasteiger partial charge in [0.2, 0.25) is 0 Å². The van der Waals surface area contributed by atoms with E-state index in [1.54, 1.807) is 6.26 Å². The molecule has 1 N–H and O–H groups in total. The summed E-state index contributed by atoms with van der Waals surface area (Å²) in [6.07, 6.45) is 1.60. The van der Waals surface area contributed by atoms with Crippen molar-refractivity contribution in [1.82, 2.24) is 15.2 Å². The molecule has 2 heterocycles. The largest absolute Gasteiger partial charge is 0.490 e. The first-order valence-corrected chi connectivity index (χ1v) is 7.18. The molecular weight excluding hydrogens is 282 g/mol. The van der Waals surface area contributed by atoms with Gasteiger partial charge in [0, 0.05) is 5.56 Å². The third kappa shape index (κ3) is 2.81. The molecule has 0 saturated carbocycles. The molecule has 22 heavy (non-hydrogen) atoms. The number of furan rings is 1. The predicted molar refractivity (Wildman–Crippen MR) is 81.9 cm³/mol. The molecule has 0 aliphatic carbocycles. The third-order valence-electron chi connectivity index (χ3n) is 3.04. The number of rotatable bonds is 6. The van der Waals surface area contributed by atoms with E-state index in [4.69, 9.17) is 13.9 Å². The molecule has 0 aliphatic rings. The maximum Gasteiger partial charge on any atom is 0.192 e. The fraction of sp³-hybridized carbons (Fsp3) is 0.250. The number of aromatic amines is 1. The van der Waals surface area contributed by atoms with E-state index < -0.39 is 0 Å². The van der Waals surface area contributed by atoms with Crippen molar-refractivity contribution < 1.29 is 13.9 Å². The van der Waals surface area contributed by atoms with E-state index in [9.17, 15) is 0 Å². The highest BCUT2D eigenvalue weighted by Gasteiger charge is 2.12. The van der Waals surface area contributed by atoms with Crippen LogP contribution in [0.1, 0.15) is 13.8 Å². The summed E-state index contributed by atoms with van der Waals surface area (Å²) in [5.74, 6) is 3.22. The first-order chi connectivity index (χ1) is 10.8. The van der Waals surface area contributed by atoms with Crippen LogP contribution in [-0.4, -0.2) is 28.4 Å². The zero-order chi connectivity index (χ0) is 15.4. The maximum absolute atomic E-state index is 5.62. The number of benzene rings is 1. The van der Waals surface area contributed by atoms with Crippen LogP contribution in [0.15, 0.2) is 41.0 Å². The van der Waals surface area contributed by atoms with Crippen molar-refractivity contribution in [3.05, 3.63) is 36.6 Å². The molecule has 0 radical (unpaired) electrons. The minimum atomic E-state index is 0.565. The normalized spacial score (nSPS) is 10.6. The average molecular weight is 299 g/mol. The molecule has 1 aromatic carbocycles. The van der Waals surface area contributed by atoms with Crippen LogP contribution in [0.5, 0.6) is 11.5 Å². The number of hydrogen-bond donors (Lipinski definition) is 1. The monoisotopic (exact) mass is 299 g/mol. The Bertz CT molecular complexity index is 735. The highest BCUT2D eigenvalue weighted by atomic mass is 16.5. The molecule has 6 nitrogen and oxygen atoms in total. The molecule has 0 aliphatic heterocycles. The third-order valence-corrected chi connectivity index (χ3v) is 3.04. The van der Waals surface area contributed by atoms with E-state index in [0.717, 1.165) is 11.3 Å². The Balaban J connectivity index is 1.93. The molecule has 2 aromatic heterocycles. The quantitative estimate of drug-likeness (QED) is 0.753. The second-order valence-corrected chi connectivity index (χ2v) is 4.51. The Kier molecular flexibility index (Phi) is 4.09. The molecule has 114 valence electrons. The molecule has 0 saturated heterocycles. The van der Waals surface area contributed by atoms with Gasteiger partial charge in [-0.05, 0) is 44.2 Å². The summed E-state index contributed by atoms with van der Waals surface area (Å²) in [7, 11) is 0. The summed E-state index contributed by atoms with van der Waals surface area (Å²) in [4.78, 5) is 4.44. The van der Waals surface area contributed by atoms with Gasteiger partial charge >= 0.3 is 0 Å². The highest BCUT2D eigenvalue weighted by molar-refractivity contribution is 5.62. The number of nitrogens with one attached hydrogen (secondary N) is 1. The lowest BCUT2D eigenvalue weighted by molar-refractivity contribution is 0.288. The highest BCUT2D eigenvalue weighted by Crippen LogP contribution is 2.32. The predicted octanol–water partition coefficient (Wildman–Crippen LogP) is 3.53. The SMILES string of the molecule is CCOc1ccc(-c2n[nH]c(-c3ccco3)n2)cc1OCC. The molecule has 0 amide bonds.